The minimum Gasteiger partial charge on any atom is -0.496 e. The summed E-state index contributed by atoms with van der Waals surface area (Å²) >= 11 is 0. The number of nitrogens with two attached hydrogens (primary N) is 1. The van der Waals surface area contributed by atoms with Crippen LogP contribution in [-0.2, 0) is 30.3 Å². The van der Waals surface area contributed by atoms with Crippen LogP contribution in [-0.4, -0.2) is 22.8 Å². The van der Waals surface area contributed by atoms with Gasteiger partial charge >= 0.3 is 0 Å². The van der Waals surface area contributed by atoms with Gasteiger partial charge in [0, 0.05) is 24.8 Å². The van der Waals surface area contributed by atoms with Gasteiger partial charge in [0.05, 0.1) is 13.3 Å². The molecule has 0 radical (unpaired) electrons. The Kier molecular flexibility index (Phi) is 3.85. The lowest BCUT2D eigenvalue weighted by molar-refractivity contribution is -0.126. The van der Waals surface area contributed by atoms with Crippen LogP contribution in [0.2, 0.25) is 0 Å². The Labute approximate surface area is 135 Å². The summed E-state index contributed by atoms with van der Waals surface area (Å²) in [5.74, 6) is 0.637. The largest absolute Gasteiger partial charge is 0.496 e. The molecule has 1 unspecified atom stereocenters. The summed E-state index contributed by atoms with van der Waals surface area (Å²) in [6, 6.07) is 5.70. The number of rotatable bonds is 4. The van der Waals surface area contributed by atoms with Crippen molar-refractivity contribution in [2.75, 3.05) is 7.11 Å². The van der Waals surface area contributed by atoms with E-state index in [1.54, 1.807) is 18.0 Å². The summed E-state index contributed by atoms with van der Waals surface area (Å²) < 4.78 is 7.17. The summed E-state index contributed by atoms with van der Waals surface area (Å²) in [4.78, 5) is 12.7. The fourth-order valence-corrected chi connectivity index (χ4v) is 3.18. The fourth-order valence-electron chi connectivity index (χ4n) is 3.18. The number of methoxy groups -OCH3 is 1. The van der Waals surface area contributed by atoms with Gasteiger partial charge in [0.1, 0.15) is 11.3 Å². The number of hydrogen-bond donors (Lipinski definition) is 2. The number of aryl methyl sites for hydroxylation is 1. The lowest BCUT2D eigenvalue weighted by atomic mass is 9.91. The molecule has 1 heterocycles. The highest BCUT2D eigenvalue weighted by molar-refractivity contribution is 5.89. The van der Waals surface area contributed by atoms with E-state index in [9.17, 15) is 4.79 Å². The molecule has 0 aliphatic heterocycles. The van der Waals surface area contributed by atoms with Crippen LogP contribution < -0.4 is 15.8 Å². The van der Waals surface area contributed by atoms with Crippen molar-refractivity contribution in [2.24, 2.45) is 12.8 Å². The molecule has 6 heteroatoms. The Morgan fingerprint density at radius 3 is 2.96 bits per heavy atom. The van der Waals surface area contributed by atoms with Crippen LogP contribution in [0.5, 0.6) is 5.75 Å². The quantitative estimate of drug-likeness (QED) is 0.887. The number of aromatic nitrogens is 2. The van der Waals surface area contributed by atoms with Crippen LogP contribution in [0.4, 0.5) is 0 Å². The first-order valence-electron chi connectivity index (χ1n) is 7.68. The number of hydrogen-bond acceptors (Lipinski definition) is 4. The Morgan fingerprint density at radius 2 is 2.30 bits per heavy atom. The van der Waals surface area contributed by atoms with Crippen molar-refractivity contribution in [3.05, 3.63) is 46.8 Å². The van der Waals surface area contributed by atoms with Crippen LogP contribution >= 0.6 is 0 Å². The van der Waals surface area contributed by atoms with Gasteiger partial charge in [-0.3, -0.25) is 9.48 Å². The molecule has 1 aromatic heterocycles. The van der Waals surface area contributed by atoms with Crippen molar-refractivity contribution in [3.63, 3.8) is 0 Å². The minimum absolute atomic E-state index is 0.159. The molecule has 0 bridgehead atoms. The van der Waals surface area contributed by atoms with Gasteiger partial charge in [-0.15, -0.1) is 0 Å². The third-order valence-corrected chi connectivity index (χ3v) is 4.78. The molecule has 23 heavy (non-hydrogen) atoms. The summed E-state index contributed by atoms with van der Waals surface area (Å²) in [6.45, 7) is 2.40. The molecule has 0 saturated heterocycles. The summed E-state index contributed by atoms with van der Waals surface area (Å²) in [5, 5.41) is 7.14. The molecule has 0 spiro atoms. The normalized spacial score (nSPS) is 19.5. The van der Waals surface area contributed by atoms with E-state index in [1.807, 2.05) is 32.2 Å². The molecular weight excluding hydrogens is 292 g/mol. The number of carbonyl (C=O) groups is 1. The standard InChI is InChI=1S/C17H22N4O2/c1-11-12(10-20-21(11)2)9-19-16(22)17(18)8-7-13-14(17)5-4-6-15(13)23-3/h4-6,10H,7-9,18H2,1-3H3,(H,19,22). The van der Waals surface area contributed by atoms with E-state index in [-0.39, 0.29) is 5.91 Å². The first-order chi connectivity index (χ1) is 11.0. The summed E-state index contributed by atoms with van der Waals surface area (Å²) in [5.41, 5.74) is 9.37. The maximum absolute atomic E-state index is 12.7. The van der Waals surface area contributed by atoms with Crippen LogP contribution in [0.3, 0.4) is 0 Å². The zero-order chi connectivity index (χ0) is 16.6. The zero-order valence-electron chi connectivity index (χ0n) is 13.7. The Hall–Kier alpha value is -2.34. The van der Waals surface area contributed by atoms with Gasteiger partial charge in [-0.25, -0.2) is 0 Å². The van der Waals surface area contributed by atoms with Gasteiger partial charge in [0.25, 0.3) is 0 Å². The predicted octanol–water partition coefficient (Wildman–Crippen LogP) is 1.15. The third kappa shape index (κ3) is 2.49. The number of fused-ring (bicyclic) bond motifs is 1. The number of ether oxygens (including phenoxy) is 1. The summed E-state index contributed by atoms with van der Waals surface area (Å²) in [6.07, 6.45) is 3.10. The summed E-state index contributed by atoms with van der Waals surface area (Å²) in [7, 11) is 3.52. The lowest BCUT2D eigenvalue weighted by Gasteiger charge is -2.24. The molecule has 1 aliphatic rings. The maximum atomic E-state index is 12.7. The van der Waals surface area contributed by atoms with E-state index in [2.05, 4.69) is 10.4 Å². The second-order valence-electron chi connectivity index (χ2n) is 6.02. The average molecular weight is 314 g/mol. The number of nitrogens with one attached hydrogen (secondary N) is 1. The smallest absolute Gasteiger partial charge is 0.244 e. The molecule has 1 amide bonds. The molecule has 1 atom stereocenters. The first kappa shape index (κ1) is 15.6. The second kappa shape index (κ2) is 5.70. The van der Waals surface area contributed by atoms with E-state index >= 15 is 0 Å². The number of amides is 1. The number of benzene rings is 1. The van der Waals surface area contributed by atoms with Crippen molar-refractivity contribution < 1.29 is 9.53 Å². The van der Waals surface area contributed by atoms with Crippen molar-refractivity contribution >= 4 is 5.91 Å². The average Bonchev–Trinajstić information content (AvgIpc) is 3.07. The molecule has 122 valence electrons. The lowest BCUT2D eigenvalue weighted by Crippen LogP contribution is -2.49. The molecular formula is C17H22N4O2. The molecule has 3 N–H and O–H groups in total. The van der Waals surface area contributed by atoms with E-state index < -0.39 is 5.54 Å². The highest BCUT2D eigenvalue weighted by atomic mass is 16.5. The second-order valence-corrected chi connectivity index (χ2v) is 6.02. The molecule has 6 nitrogen and oxygen atoms in total. The minimum atomic E-state index is -1.00. The Balaban J connectivity index is 1.80. The molecule has 2 aromatic rings. The Morgan fingerprint density at radius 1 is 1.52 bits per heavy atom. The van der Waals surface area contributed by atoms with E-state index in [1.165, 1.54) is 0 Å². The highest BCUT2D eigenvalue weighted by Gasteiger charge is 2.42. The first-order valence-corrected chi connectivity index (χ1v) is 7.68. The van der Waals surface area contributed by atoms with Crippen molar-refractivity contribution in [3.8, 4) is 5.75 Å². The van der Waals surface area contributed by atoms with Crippen LogP contribution in [0, 0.1) is 6.92 Å². The molecule has 3 rings (SSSR count). The highest BCUT2D eigenvalue weighted by Crippen LogP contribution is 2.39. The molecule has 1 aliphatic carbocycles. The van der Waals surface area contributed by atoms with Crippen LogP contribution in [0.25, 0.3) is 0 Å². The third-order valence-electron chi connectivity index (χ3n) is 4.78. The zero-order valence-corrected chi connectivity index (χ0v) is 13.7. The van der Waals surface area contributed by atoms with Gasteiger partial charge in [-0.2, -0.15) is 5.10 Å². The fraction of sp³-hybridized carbons (Fsp3) is 0.412. The molecule has 0 fully saturated rings. The van der Waals surface area contributed by atoms with Crippen molar-refractivity contribution in [1.82, 2.24) is 15.1 Å². The Bertz CT molecular complexity index is 753. The van der Waals surface area contributed by atoms with Gasteiger partial charge in [-0.1, -0.05) is 12.1 Å². The predicted molar refractivity (Wildman–Crippen MR) is 87.0 cm³/mol. The van der Waals surface area contributed by atoms with E-state index in [0.717, 1.165) is 34.6 Å². The molecule has 0 saturated carbocycles. The van der Waals surface area contributed by atoms with Gasteiger partial charge in [0.15, 0.2) is 0 Å². The van der Waals surface area contributed by atoms with Crippen molar-refractivity contribution in [2.45, 2.75) is 31.8 Å². The van der Waals surface area contributed by atoms with Crippen molar-refractivity contribution in [1.29, 1.82) is 0 Å². The van der Waals surface area contributed by atoms with E-state index in [0.29, 0.717) is 13.0 Å². The van der Waals surface area contributed by atoms with Crippen LogP contribution in [0.15, 0.2) is 24.4 Å². The number of nitrogens with zero attached hydrogens (tertiary/aromatic N) is 2. The van der Waals surface area contributed by atoms with E-state index in [4.69, 9.17) is 10.5 Å². The number of carbonyl (C=O) groups excluding carboxylic acids is 1. The maximum Gasteiger partial charge on any atom is 0.244 e. The van der Waals surface area contributed by atoms with Gasteiger partial charge in [-0.05, 0) is 37.0 Å². The van der Waals surface area contributed by atoms with Gasteiger partial charge in [0.2, 0.25) is 5.91 Å². The van der Waals surface area contributed by atoms with Crippen LogP contribution in [0.1, 0.15) is 28.8 Å². The van der Waals surface area contributed by atoms with Gasteiger partial charge < -0.3 is 15.8 Å². The SMILES string of the molecule is COc1cccc2c1CCC2(N)C(=O)NCc1cnn(C)c1C. The monoisotopic (exact) mass is 314 g/mol. The topological polar surface area (TPSA) is 82.2 Å². The molecule has 1 aromatic carbocycles.